The number of carbonyl (C=O) groups excluding carboxylic acids is 1. The van der Waals surface area contributed by atoms with Crippen LogP contribution >= 0.6 is 23.2 Å². The van der Waals surface area contributed by atoms with Gasteiger partial charge in [-0.1, -0.05) is 23.2 Å². The largest absolute Gasteiger partial charge is 0.400 e. The molecule has 1 aromatic rings. The molecule has 0 aromatic heterocycles. The lowest BCUT2D eigenvalue weighted by atomic mass is 10.2. The quantitative estimate of drug-likeness (QED) is 0.788. The summed E-state index contributed by atoms with van der Waals surface area (Å²) in [5, 5.41) is 14.2. The lowest BCUT2D eigenvalue weighted by Crippen LogP contribution is -2.46. The number of rotatable bonds is 3. The van der Waals surface area contributed by atoms with E-state index in [0.717, 1.165) is 38.9 Å². The van der Waals surface area contributed by atoms with Gasteiger partial charge in [0, 0.05) is 49.0 Å². The number of piperazine rings is 1. The molecular formula is C14H21Cl2N3O2. The molecule has 5 nitrogen and oxygen atoms in total. The number of halogens is 2. The normalized spacial score (nSPS) is 15.1. The van der Waals surface area contributed by atoms with Crippen molar-refractivity contribution in [2.24, 2.45) is 0 Å². The van der Waals surface area contributed by atoms with Crippen LogP contribution in [0.3, 0.4) is 0 Å². The summed E-state index contributed by atoms with van der Waals surface area (Å²) in [6.07, 6.45) is 0. The first-order valence-corrected chi connectivity index (χ1v) is 7.45. The summed E-state index contributed by atoms with van der Waals surface area (Å²) in [6.45, 7) is 5.87. The van der Waals surface area contributed by atoms with E-state index in [-0.39, 0.29) is 5.91 Å². The van der Waals surface area contributed by atoms with Crippen LogP contribution < -0.4 is 10.6 Å². The van der Waals surface area contributed by atoms with Crippen LogP contribution in [0.1, 0.15) is 5.56 Å². The molecule has 0 unspecified atom stereocenters. The fraction of sp³-hybridized carbons (Fsp3) is 0.500. The molecule has 7 heteroatoms. The maximum absolute atomic E-state index is 11.9. The van der Waals surface area contributed by atoms with Gasteiger partial charge >= 0.3 is 0 Å². The Morgan fingerprint density at radius 2 is 1.81 bits per heavy atom. The monoisotopic (exact) mass is 333 g/mol. The topological polar surface area (TPSA) is 64.6 Å². The van der Waals surface area contributed by atoms with Crippen molar-refractivity contribution in [1.29, 1.82) is 0 Å². The predicted molar refractivity (Wildman–Crippen MR) is 87.3 cm³/mol. The van der Waals surface area contributed by atoms with Gasteiger partial charge in [0.25, 0.3) is 0 Å². The number of carbonyl (C=O) groups is 1. The molecule has 0 radical (unpaired) electrons. The molecule has 1 aromatic carbocycles. The first-order chi connectivity index (χ1) is 10.1. The minimum Gasteiger partial charge on any atom is -0.400 e. The van der Waals surface area contributed by atoms with Crippen molar-refractivity contribution in [1.82, 2.24) is 10.2 Å². The Kier molecular flexibility index (Phi) is 8.00. The highest BCUT2D eigenvalue weighted by atomic mass is 35.5. The first kappa shape index (κ1) is 18.2. The zero-order valence-corrected chi connectivity index (χ0v) is 13.8. The van der Waals surface area contributed by atoms with Crippen LogP contribution in [-0.4, -0.2) is 55.7 Å². The zero-order valence-electron chi connectivity index (χ0n) is 12.2. The number of aliphatic hydroxyl groups is 1. The number of hydrogen-bond acceptors (Lipinski definition) is 4. The molecule has 1 heterocycles. The molecule has 0 saturated carbocycles. The van der Waals surface area contributed by atoms with E-state index < -0.39 is 0 Å². The number of anilines is 1. The maximum atomic E-state index is 11.9. The van der Waals surface area contributed by atoms with Crippen LogP contribution in [0.4, 0.5) is 5.69 Å². The Hall–Kier alpha value is -0.850. The van der Waals surface area contributed by atoms with Crippen LogP contribution in [0.15, 0.2) is 12.1 Å². The highest BCUT2D eigenvalue weighted by molar-refractivity contribution is 6.36. The van der Waals surface area contributed by atoms with E-state index in [2.05, 4.69) is 15.5 Å². The molecule has 1 aliphatic heterocycles. The van der Waals surface area contributed by atoms with Crippen molar-refractivity contribution in [2.45, 2.75) is 6.92 Å². The lowest BCUT2D eigenvalue weighted by Gasteiger charge is -2.26. The van der Waals surface area contributed by atoms with E-state index in [1.807, 2.05) is 6.92 Å². The second-order valence-electron chi connectivity index (χ2n) is 4.64. The third-order valence-corrected chi connectivity index (χ3v) is 3.93. The predicted octanol–water partition coefficient (Wildman–Crippen LogP) is 1.75. The molecular weight excluding hydrogens is 313 g/mol. The highest BCUT2D eigenvalue weighted by Gasteiger charge is 2.14. The Morgan fingerprint density at radius 1 is 1.29 bits per heavy atom. The first-order valence-electron chi connectivity index (χ1n) is 6.69. The molecule has 1 aliphatic rings. The Balaban J connectivity index is 0.00000106. The van der Waals surface area contributed by atoms with Crippen molar-refractivity contribution in [3.63, 3.8) is 0 Å². The third-order valence-electron chi connectivity index (χ3n) is 3.14. The molecule has 2 rings (SSSR count). The van der Waals surface area contributed by atoms with Gasteiger partial charge in [0.2, 0.25) is 5.91 Å². The third kappa shape index (κ3) is 5.80. The van der Waals surface area contributed by atoms with Gasteiger partial charge in [0.05, 0.1) is 6.54 Å². The molecule has 21 heavy (non-hydrogen) atoms. The summed E-state index contributed by atoms with van der Waals surface area (Å²) >= 11 is 12.1. The number of nitrogens with one attached hydrogen (secondary N) is 2. The molecule has 118 valence electrons. The SMILES string of the molecule is CO.Cc1c(Cl)cc(NC(=O)CN2CCNCC2)cc1Cl. The summed E-state index contributed by atoms with van der Waals surface area (Å²) in [6, 6.07) is 3.44. The van der Waals surface area contributed by atoms with Crippen molar-refractivity contribution >= 4 is 34.8 Å². The molecule has 3 N–H and O–H groups in total. The molecule has 1 saturated heterocycles. The van der Waals surface area contributed by atoms with Crippen LogP contribution in [0, 0.1) is 6.92 Å². The minimum atomic E-state index is -0.0436. The van der Waals surface area contributed by atoms with E-state index in [0.29, 0.717) is 22.3 Å². The van der Waals surface area contributed by atoms with Crippen molar-refractivity contribution in [3.8, 4) is 0 Å². The van der Waals surface area contributed by atoms with E-state index in [1.54, 1.807) is 12.1 Å². The van der Waals surface area contributed by atoms with Gasteiger partial charge in [-0.05, 0) is 24.6 Å². The Bertz CT molecular complexity index is 454. The van der Waals surface area contributed by atoms with Crippen molar-refractivity contribution in [2.75, 3.05) is 45.2 Å². The molecule has 0 atom stereocenters. The second-order valence-corrected chi connectivity index (χ2v) is 5.45. The van der Waals surface area contributed by atoms with Gasteiger partial charge in [-0.2, -0.15) is 0 Å². The number of hydrogen-bond donors (Lipinski definition) is 3. The van der Waals surface area contributed by atoms with Gasteiger partial charge in [0.1, 0.15) is 0 Å². The molecule has 0 spiro atoms. The van der Waals surface area contributed by atoms with Gasteiger partial charge in [-0.3, -0.25) is 9.69 Å². The lowest BCUT2D eigenvalue weighted by molar-refractivity contribution is -0.117. The van der Waals surface area contributed by atoms with Crippen LogP contribution in [0.2, 0.25) is 10.0 Å². The average Bonchev–Trinajstić information content (AvgIpc) is 2.47. The summed E-state index contributed by atoms with van der Waals surface area (Å²) < 4.78 is 0. The standard InChI is InChI=1S/C13H17Cl2N3O.CH4O/c1-9-11(14)6-10(7-12(9)15)17-13(19)8-18-4-2-16-3-5-18;1-2/h6-7,16H,2-5,8H2,1H3,(H,17,19);2H,1H3. The van der Waals surface area contributed by atoms with E-state index in [9.17, 15) is 4.79 Å². The van der Waals surface area contributed by atoms with Gasteiger partial charge in [0.15, 0.2) is 0 Å². The second kappa shape index (κ2) is 9.23. The van der Waals surface area contributed by atoms with E-state index in [1.165, 1.54) is 0 Å². The number of benzene rings is 1. The van der Waals surface area contributed by atoms with Crippen LogP contribution in [0.25, 0.3) is 0 Å². The fourth-order valence-electron chi connectivity index (χ4n) is 1.99. The number of amides is 1. The molecule has 1 amide bonds. The van der Waals surface area contributed by atoms with Crippen LogP contribution in [-0.2, 0) is 4.79 Å². The van der Waals surface area contributed by atoms with Gasteiger partial charge < -0.3 is 15.7 Å². The minimum absolute atomic E-state index is 0.0436. The summed E-state index contributed by atoms with van der Waals surface area (Å²) in [7, 11) is 1.00. The van der Waals surface area contributed by atoms with E-state index >= 15 is 0 Å². The molecule has 0 bridgehead atoms. The smallest absolute Gasteiger partial charge is 0.238 e. The van der Waals surface area contributed by atoms with Gasteiger partial charge in [-0.25, -0.2) is 0 Å². The highest BCUT2D eigenvalue weighted by Crippen LogP contribution is 2.28. The Morgan fingerprint density at radius 3 is 2.33 bits per heavy atom. The molecule has 0 aliphatic carbocycles. The van der Waals surface area contributed by atoms with Gasteiger partial charge in [-0.15, -0.1) is 0 Å². The number of aliphatic hydroxyl groups excluding tert-OH is 1. The van der Waals surface area contributed by atoms with E-state index in [4.69, 9.17) is 28.3 Å². The zero-order chi connectivity index (χ0) is 15.8. The summed E-state index contributed by atoms with van der Waals surface area (Å²) in [5.74, 6) is -0.0436. The maximum Gasteiger partial charge on any atom is 0.238 e. The van der Waals surface area contributed by atoms with Crippen molar-refractivity contribution in [3.05, 3.63) is 27.7 Å². The average molecular weight is 334 g/mol. The van der Waals surface area contributed by atoms with Crippen molar-refractivity contribution < 1.29 is 9.90 Å². The molecule has 1 fully saturated rings. The summed E-state index contributed by atoms with van der Waals surface area (Å²) in [5.41, 5.74) is 1.46. The van der Waals surface area contributed by atoms with Crippen LogP contribution in [0.5, 0.6) is 0 Å². The summed E-state index contributed by atoms with van der Waals surface area (Å²) in [4.78, 5) is 14.0. The Labute approximate surface area is 135 Å². The number of nitrogens with zero attached hydrogens (tertiary/aromatic N) is 1. The fourth-order valence-corrected chi connectivity index (χ4v) is 2.48.